The molecule has 0 N–H and O–H groups in total. The minimum absolute atomic E-state index is 0.902. The van der Waals surface area contributed by atoms with Gasteiger partial charge in [-0.25, -0.2) is 0 Å². The van der Waals surface area contributed by atoms with Crippen LogP contribution in [0.5, 0.6) is 0 Å². The molecule has 0 heterocycles. The summed E-state index contributed by atoms with van der Waals surface area (Å²) in [5.41, 5.74) is 1.71. The van der Waals surface area contributed by atoms with Crippen molar-refractivity contribution in [3.05, 3.63) is 11.6 Å². The van der Waals surface area contributed by atoms with Crippen LogP contribution in [-0.4, -0.2) is 0 Å². The molecule has 0 aromatic carbocycles. The molecule has 2 atom stereocenters. The minimum Gasteiger partial charge on any atom is -0.0845 e. The summed E-state index contributed by atoms with van der Waals surface area (Å²) in [6.07, 6.45) is 7.83. The maximum absolute atomic E-state index is 2.41. The van der Waals surface area contributed by atoms with E-state index in [1.54, 1.807) is 5.57 Å². The minimum atomic E-state index is 0.902. The molecule has 0 spiro atoms. The van der Waals surface area contributed by atoms with Crippen molar-refractivity contribution in [3.63, 3.8) is 0 Å². The second-order valence-electron chi connectivity index (χ2n) is 3.97. The average Bonchev–Trinajstić information content (AvgIpc) is 2.01. The van der Waals surface area contributed by atoms with Gasteiger partial charge in [-0.1, -0.05) is 38.8 Å². The highest BCUT2D eigenvalue weighted by Crippen LogP contribution is 2.31. The Labute approximate surface area is 70.7 Å². The second kappa shape index (κ2) is 3.94. The highest BCUT2D eigenvalue weighted by Gasteiger charge is 2.15. The maximum Gasteiger partial charge on any atom is -0.0197 e. The highest BCUT2D eigenvalue weighted by molar-refractivity contribution is 5.16. The van der Waals surface area contributed by atoms with Crippen LogP contribution < -0.4 is 0 Å². The molecule has 0 aromatic rings. The fourth-order valence-corrected chi connectivity index (χ4v) is 1.49. The van der Waals surface area contributed by atoms with Crippen LogP contribution in [-0.2, 0) is 0 Å². The van der Waals surface area contributed by atoms with Crippen LogP contribution in [0.25, 0.3) is 0 Å². The summed E-state index contributed by atoms with van der Waals surface area (Å²) in [7, 11) is 0. The molecule has 1 aliphatic rings. The number of hydrogen-bond donors (Lipinski definition) is 0. The van der Waals surface area contributed by atoms with Crippen molar-refractivity contribution in [2.24, 2.45) is 11.8 Å². The van der Waals surface area contributed by atoms with Crippen LogP contribution in [0, 0.1) is 11.8 Å². The molecule has 0 aliphatic heterocycles. The van der Waals surface area contributed by atoms with E-state index >= 15 is 0 Å². The van der Waals surface area contributed by atoms with Crippen LogP contribution in [0.1, 0.15) is 46.5 Å². The van der Waals surface area contributed by atoms with Crippen LogP contribution in [0.4, 0.5) is 0 Å². The molecule has 11 heavy (non-hydrogen) atoms. The first-order valence-electron chi connectivity index (χ1n) is 4.93. The molecule has 0 fully saturated rings. The van der Waals surface area contributed by atoms with Gasteiger partial charge in [0.25, 0.3) is 0 Å². The van der Waals surface area contributed by atoms with E-state index in [-0.39, 0.29) is 0 Å². The van der Waals surface area contributed by atoms with E-state index in [4.69, 9.17) is 0 Å². The van der Waals surface area contributed by atoms with Gasteiger partial charge < -0.3 is 0 Å². The van der Waals surface area contributed by atoms with Gasteiger partial charge in [0, 0.05) is 0 Å². The first kappa shape index (κ1) is 8.83. The number of allylic oxidation sites excluding steroid dienone is 2. The Morgan fingerprint density at radius 3 is 2.73 bits per heavy atom. The quantitative estimate of drug-likeness (QED) is 0.538. The zero-order valence-corrected chi connectivity index (χ0v) is 8.06. The molecule has 1 rings (SSSR count). The topological polar surface area (TPSA) is 0 Å². The summed E-state index contributed by atoms with van der Waals surface area (Å²) >= 11 is 0. The van der Waals surface area contributed by atoms with Gasteiger partial charge in [-0.2, -0.15) is 0 Å². The lowest BCUT2D eigenvalue weighted by molar-refractivity contribution is 0.481. The molecule has 2 unspecified atom stereocenters. The molecule has 0 saturated heterocycles. The van der Waals surface area contributed by atoms with Crippen molar-refractivity contribution in [1.82, 2.24) is 0 Å². The monoisotopic (exact) mass is 152 g/mol. The van der Waals surface area contributed by atoms with Crippen molar-refractivity contribution < 1.29 is 0 Å². The van der Waals surface area contributed by atoms with Gasteiger partial charge in [0.1, 0.15) is 0 Å². The van der Waals surface area contributed by atoms with Crippen molar-refractivity contribution in [2.45, 2.75) is 46.5 Å². The van der Waals surface area contributed by atoms with E-state index in [2.05, 4.69) is 26.8 Å². The molecular formula is C11H20. The molecule has 0 aromatic heterocycles. The molecule has 0 radical (unpaired) electrons. The second-order valence-corrected chi connectivity index (χ2v) is 3.97. The van der Waals surface area contributed by atoms with Crippen LogP contribution in [0.2, 0.25) is 0 Å². The molecule has 0 nitrogen and oxygen atoms in total. The van der Waals surface area contributed by atoms with Crippen LogP contribution >= 0.6 is 0 Å². The molecule has 0 saturated carbocycles. The van der Waals surface area contributed by atoms with Crippen molar-refractivity contribution in [3.8, 4) is 0 Å². The summed E-state index contributed by atoms with van der Waals surface area (Å²) in [6.45, 7) is 6.97. The summed E-state index contributed by atoms with van der Waals surface area (Å²) < 4.78 is 0. The van der Waals surface area contributed by atoms with E-state index in [1.807, 2.05) is 0 Å². The Hall–Kier alpha value is -0.260. The standard InChI is InChI=1S/C11H20/c1-4-9(2)5-7-11-8-6-10(11)3/h8-10H,4-7H2,1-3H3. The largest absolute Gasteiger partial charge is 0.0845 e. The zero-order chi connectivity index (χ0) is 8.27. The molecular weight excluding hydrogens is 132 g/mol. The summed E-state index contributed by atoms with van der Waals surface area (Å²) in [6, 6.07) is 0. The normalized spacial score (nSPS) is 25.7. The maximum atomic E-state index is 2.41. The summed E-state index contributed by atoms with van der Waals surface area (Å²) in [4.78, 5) is 0. The Morgan fingerprint density at radius 1 is 1.64 bits per heavy atom. The van der Waals surface area contributed by atoms with E-state index in [9.17, 15) is 0 Å². The average molecular weight is 152 g/mol. The third-order valence-corrected chi connectivity index (χ3v) is 2.99. The van der Waals surface area contributed by atoms with Crippen LogP contribution in [0.15, 0.2) is 11.6 Å². The van der Waals surface area contributed by atoms with Crippen molar-refractivity contribution >= 4 is 0 Å². The third kappa shape index (κ3) is 2.36. The first-order chi connectivity index (χ1) is 5.24. The molecule has 1 aliphatic carbocycles. The van der Waals surface area contributed by atoms with Gasteiger partial charge in [-0.3, -0.25) is 0 Å². The molecule has 0 bridgehead atoms. The SMILES string of the molecule is CCC(C)CCC1=CCC1C. The Balaban J connectivity index is 2.13. The molecule has 0 amide bonds. The van der Waals surface area contributed by atoms with Gasteiger partial charge in [0.15, 0.2) is 0 Å². The van der Waals surface area contributed by atoms with Crippen molar-refractivity contribution in [1.29, 1.82) is 0 Å². The summed E-state index contributed by atoms with van der Waals surface area (Å²) in [5.74, 6) is 1.82. The van der Waals surface area contributed by atoms with E-state index in [0.29, 0.717) is 0 Å². The van der Waals surface area contributed by atoms with Crippen LogP contribution in [0.3, 0.4) is 0 Å². The predicted molar refractivity (Wildman–Crippen MR) is 50.6 cm³/mol. The smallest absolute Gasteiger partial charge is 0.0197 e. The van der Waals surface area contributed by atoms with Gasteiger partial charge in [0.05, 0.1) is 0 Å². The predicted octanol–water partition coefficient (Wildman–Crippen LogP) is 3.78. The first-order valence-corrected chi connectivity index (χ1v) is 4.93. The van der Waals surface area contributed by atoms with E-state index in [1.165, 1.54) is 25.7 Å². The summed E-state index contributed by atoms with van der Waals surface area (Å²) in [5, 5.41) is 0. The van der Waals surface area contributed by atoms with Gasteiger partial charge in [0.2, 0.25) is 0 Å². The lowest BCUT2D eigenvalue weighted by Gasteiger charge is -2.24. The highest BCUT2D eigenvalue weighted by atomic mass is 14.2. The fraction of sp³-hybridized carbons (Fsp3) is 0.818. The van der Waals surface area contributed by atoms with Crippen molar-refractivity contribution in [2.75, 3.05) is 0 Å². The Kier molecular flexibility index (Phi) is 3.16. The Bertz CT molecular complexity index is 144. The van der Waals surface area contributed by atoms with Gasteiger partial charge in [-0.05, 0) is 31.1 Å². The fourth-order valence-electron chi connectivity index (χ4n) is 1.49. The third-order valence-electron chi connectivity index (χ3n) is 2.99. The van der Waals surface area contributed by atoms with E-state index < -0.39 is 0 Å². The lowest BCUT2D eigenvalue weighted by Crippen LogP contribution is -2.09. The number of rotatable bonds is 4. The van der Waals surface area contributed by atoms with Gasteiger partial charge >= 0.3 is 0 Å². The molecule has 64 valence electrons. The molecule has 0 heteroatoms. The van der Waals surface area contributed by atoms with E-state index in [0.717, 1.165) is 11.8 Å². The van der Waals surface area contributed by atoms with Gasteiger partial charge in [-0.15, -0.1) is 0 Å². The zero-order valence-electron chi connectivity index (χ0n) is 8.06. The lowest BCUT2D eigenvalue weighted by atomic mass is 9.82. The number of hydrogen-bond acceptors (Lipinski definition) is 0. The Morgan fingerprint density at radius 2 is 2.36 bits per heavy atom.